The van der Waals surface area contributed by atoms with Crippen LogP contribution in [-0.2, 0) is 0 Å². The molecule has 1 N–H and O–H groups in total. The first-order valence-electron chi connectivity index (χ1n) is 7.58. The van der Waals surface area contributed by atoms with Crippen molar-refractivity contribution < 1.29 is 4.79 Å². The van der Waals surface area contributed by atoms with Crippen LogP contribution in [0.5, 0.6) is 0 Å². The van der Waals surface area contributed by atoms with E-state index in [4.69, 9.17) is 0 Å². The number of hydrogen-bond acceptors (Lipinski definition) is 1. The third kappa shape index (κ3) is 2.65. The first-order valence-corrected chi connectivity index (χ1v) is 7.58. The highest BCUT2D eigenvalue weighted by Crippen LogP contribution is 2.52. The summed E-state index contributed by atoms with van der Waals surface area (Å²) in [5.41, 5.74) is 0.407. The Bertz CT molecular complexity index is 295. The quantitative estimate of drug-likeness (QED) is 0.821. The first-order chi connectivity index (χ1) is 8.55. The molecular formula is C15H28N2O. The van der Waals surface area contributed by atoms with Crippen molar-refractivity contribution in [2.24, 2.45) is 17.3 Å². The molecule has 2 aliphatic rings. The van der Waals surface area contributed by atoms with E-state index in [0.717, 1.165) is 25.6 Å². The summed E-state index contributed by atoms with van der Waals surface area (Å²) in [6.07, 6.45) is 6.16. The molecule has 0 bridgehead atoms. The van der Waals surface area contributed by atoms with Crippen molar-refractivity contribution in [2.75, 3.05) is 19.6 Å². The molecule has 0 unspecified atom stereocenters. The minimum Gasteiger partial charge on any atom is -0.338 e. The molecule has 2 rings (SSSR count). The second-order valence-corrected chi connectivity index (χ2v) is 6.59. The van der Waals surface area contributed by atoms with Crippen molar-refractivity contribution in [3.63, 3.8) is 0 Å². The summed E-state index contributed by atoms with van der Waals surface area (Å²) in [4.78, 5) is 14.0. The summed E-state index contributed by atoms with van der Waals surface area (Å²) in [6, 6.07) is 0.158. The van der Waals surface area contributed by atoms with Crippen molar-refractivity contribution in [1.29, 1.82) is 0 Å². The van der Waals surface area contributed by atoms with Gasteiger partial charge in [-0.3, -0.25) is 0 Å². The molecule has 3 heteroatoms. The molecule has 0 aromatic rings. The second-order valence-electron chi connectivity index (χ2n) is 6.59. The molecule has 1 saturated carbocycles. The normalized spacial score (nSPS) is 30.7. The largest absolute Gasteiger partial charge is 0.338 e. The molecule has 0 radical (unpaired) electrons. The molecule has 1 aliphatic carbocycles. The fourth-order valence-electron chi connectivity index (χ4n) is 3.58. The lowest BCUT2D eigenvalue weighted by Crippen LogP contribution is -2.52. The lowest BCUT2D eigenvalue weighted by Gasteiger charge is -2.52. The Morgan fingerprint density at radius 3 is 2.44 bits per heavy atom. The number of carbonyl (C=O) groups is 1. The number of urea groups is 1. The van der Waals surface area contributed by atoms with Crippen LogP contribution in [0, 0.1) is 17.3 Å². The number of nitrogens with zero attached hydrogens (tertiary/aromatic N) is 1. The maximum absolute atomic E-state index is 12.0. The highest BCUT2D eigenvalue weighted by molar-refractivity contribution is 5.74. The maximum atomic E-state index is 12.0. The summed E-state index contributed by atoms with van der Waals surface area (Å²) >= 11 is 0. The molecule has 1 saturated heterocycles. The van der Waals surface area contributed by atoms with Gasteiger partial charge < -0.3 is 10.2 Å². The molecule has 3 nitrogen and oxygen atoms in total. The average Bonchev–Trinajstić information content (AvgIpc) is 2.38. The highest BCUT2D eigenvalue weighted by Gasteiger charge is 2.46. The zero-order chi connectivity index (χ0) is 13.2. The lowest BCUT2D eigenvalue weighted by atomic mass is 9.54. The molecule has 2 fully saturated rings. The summed E-state index contributed by atoms with van der Waals surface area (Å²) in [7, 11) is 0. The molecule has 2 atom stereocenters. The summed E-state index contributed by atoms with van der Waals surface area (Å²) < 4.78 is 0. The summed E-state index contributed by atoms with van der Waals surface area (Å²) in [6.45, 7) is 9.72. The Hall–Kier alpha value is -0.730. The van der Waals surface area contributed by atoms with E-state index in [0.29, 0.717) is 11.3 Å². The van der Waals surface area contributed by atoms with Gasteiger partial charge in [0.1, 0.15) is 0 Å². The van der Waals surface area contributed by atoms with E-state index in [-0.39, 0.29) is 6.03 Å². The van der Waals surface area contributed by atoms with Gasteiger partial charge in [-0.1, -0.05) is 27.2 Å². The zero-order valence-corrected chi connectivity index (χ0v) is 12.2. The van der Waals surface area contributed by atoms with Crippen LogP contribution in [0.1, 0.15) is 52.9 Å². The molecule has 104 valence electrons. The van der Waals surface area contributed by atoms with E-state index in [1.54, 1.807) is 0 Å². The van der Waals surface area contributed by atoms with Crippen molar-refractivity contribution >= 4 is 6.03 Å². The smallest absolute Gasteiger partial charge is 0.317 e. The predicted molar refractivity (Wildman–Crippen MR) is 74.5 cm³/mol. The van der Waals surface area contributed by atoms with Crippen LogP contribution in [-0.4, -0.2) is 30.6 Å². The van der Waals surface area contributed by atoms with Gasteiger partial charge in [0, 0.05) is 19.6 Å². The lowest BCUT2D eigenvalue weighted by molar-refractivity contribution is -0.0201. The number of amides is 2. The van der Waals surface area contributed by atoms with Crippen LogP contribution in [0.25, 0.3) is 0 Å². The van der Waals surface area contributed by atoms with Crippen LogP contribution < -0.4 is 5.32 Å². The SMILES string of the molecule is CC[C@H]1C[C@@H](CNC(=O)N2CCCCC2)C1(C)C. The van der Waals surface area contributed by atoms with Crippen LogP contribution in [0.3, 0.4) is 0 Å². The molecule has 18 heavy (non-hydrogen) atoms. The van der Waals surface area contributed by atoms with E-state index in [2.05, 4.69) is 26.1 Å². The van der Waals surface area contributed by atoms with Crippen LogP contribution >= 0.6 is 0 Å². The predicted octanol–water partition coefficient (Wildman–Crippen LogP) is 3.25. The van der Waals surface area contributed by atoms with Gasteiger partial charge in [-0.05, 0) is 42.9 Å². The fraction of sp³-hybridized carbons (Fsp3) is 0.933. The molecule has 0 spiro atoms. The Kier molecular flexibility index (Phi) is 4.18. The van der Waals surface area contributed by atoms with Gasteiger partial charge in [0.25, 0.3) is 0 Å². The maximum Gasteiger partial charge on any atom is 0.317 e. The molecular weight excluding hydrogens is 224 g/mol. The molecule has 2 amide bonds. The van der Waals surface area contributed by atoms with Crippen molar-refractivity contribution in [2.45, 2.75) is 52.9 Å². The summed E-state index contributed by atoms with van der Waals surface area (Å²) in [5, 5.41) is 3.14. The Morgan fingerprint density at radius 1 is 1.22 bits per heavy atom. The molecule has 1 heterocycles. The van der Waals surface area contributed by atoms with Gasteiger partial charge in [-0.15, -0.1) is 0 Å². The molecule has 0 aromatic carbocycles. The Labute approximate surface area is 111 Å². The standard InChI is InChI=1S/C15H28N2O/c1-4-12-10-13(15(12,2)3)11-16-14(18)17-8-6-5-7-9-17/h12-13H,4-11H2,1-3H3,(H,16,18)/t12-,13-/m0/s1. The van der Waals surface area contributed by atoms with Gasteiger partial charge in [0.05, 0.1) is 0 Å². The monoisotopic (exact) mass is 252 g/mol. The number of rotatable bonds is 3. The first kappa shape index (κ1) is 13.7. The molecule has 1 aliphatic heterocycles. The number of carbonyl (C=O) groups excluding carboxylic acids is 1. The van der Waals surface area contributed by atoms with Crippen LogP contribution in [0.2, 0.25) is 0 Å². The van der Waals surface area contributed by atoms with Crippen molar-refractivity contribution in [1.82, 2.24) is 10.2 Å². The Morgan fingerprint density at radius 2 is 1.89 bits per heavy atom. The number of likely N-dealkylation sites (tertiary alicyclic amines) is 1. The highest BCUT2D eigenvalue weighted by atomic mass is 16.2. The van der Waals surface area contributed by atoms with Crippen molar-refractivity contribution in [3.8, 4) is 0 Å². The Balaban J connectivity index is 1.73. The van der Waals surface area contributed by atoms with Crippen LogP contribution in [0.4, 0.5) is 4.79 Å². The second kappa shape index (κ2) is 5.50. The summed E-state index contributed by atoms with van der Waals surface area (Å²) in [5.74, 6) is 1.51. The van der Waals surface area contributed by atoms with Gasteiger partial charge in [0.15, 0.2) is 0 Å². The van der Waals surface area contributed by atoms with Gasteiger partial charge in [-0.25, -0.2) is 4.79 Å². The van der Waals surface area contributed by atoms with E-state index in [1.807, 2.05) is 4.90 Å². The number of piperidine rings is 1. The van der Waals surface area contributed by atoms with E-state index < -0.39 is 0 Å². The van der Waals surface area contributed by atoms with Crippen molar-refractivity contribution in [3.05, 3.63) is 0 Å². The van der Waals surface area contributed by atoms with E-state index in [1.165, 1.54) is 32.1 Å². The minimum absolute atomic E-state index is 0.158. The van der Waals surface area contributed by atoms with E-state index >= 15 is 0 Å². The van der Waals surface area contributed by atoms with Gasteiger partial charge in [0.2, 0.25) is 0 Å². The minimum atomic E-state index is 0.158. The number of hydrogen-bond donors (Lipinski definition) is 1. The fourth-order valence-corrected chi connectivity index (χ4v) is 3.58. The zero-order valence-electron chi connectivity index (χ0n) is 12.2. The molecule has 0 aromatic heterocycles. The van der Waals surface area contributed by atoms with E-state index in [9.17, 15) is 4.79 Å². The average molecular weight is 252 g/mol. The van der Waals surface area contributed by atoms with Gasteiger partial charge >= 0.3 is 6.03 Å². The van der Waals surface area contributed by atoms with Crippen LogP contribution in [0.15, 0.2) is 0 Å². The number of nitrogens with one attached hydrogen (secondary N) is 1. The third-order valence-corrected chi connectivity index (χ3v) is 5.31. The van der Waals surface area contributed by atoms with Gasteiger partial charge in [-0.2, -0.15) is 0 Å². The topological polar surface area (TPSA) is 32.3 Å². The third-order valence-electron chi connectivity index (χ3n) is 5.31.